The van der Waals surface area contributed by atoms with Gasteiger partial charge < -0.3 is 18.9 Å². The molecular weight excluding hydrogens is 358 g/mol. The van der Waals surface area contributed by atoms with Crippen molar-refractivity contribution in [1.82, 2.24) is 14.4 Å². The molecule has 0 atom stereocenters. The summed E-state index contributed by atoms with van der Waals surface area (Å²) in [5, 5.41) is 1.06. The first-order chi connectivity index (χ1) is 13.4. The standard InChI is InChI=1S/C21H29N3O4/c1-6-22-13-17(21(26)24-9-7-23(8-10-24)14(2)3)15-11-18(27-4)19(28-5)12-16(15)20(22)25/h11-14H,6-10H2,1-5H3. The monoisotopic (exact) mass is 387 g/mol. The first-order valence-electron chi connectivity index (χ1n) is 9.73. The number of methoxy groups -OCH3 is 2. The smallest absolute Gasteiger partial charge is 0.258 e. The number of fused-ring (bicyclic) bond motifs is 1. The number of aromatic nitrogens is 1. The number of piperazine rings is 1. The van der Waals surface area contributed by atoms with Crippen molar-refractivity contribution < 1.29 is 14.3 Å². The molecule has 0 aliphatic carbocycles. The highest BCUT2D eigenvalue weighted by molar-refractivity contribution is 6.07. The van der Waals surface area contributed by atoms with Gasteiger partial charge in [0.1, 0.15) is 0 Å². The molecule has 2 heterocycles. The van der Waals surface area contributed by atoms with Gasteiger partial charge in [0.05, 0.1) is 25.2 Å². The fourth-order valence-electron chi connectivity index (χ4n) is 3.73. The Morgan fingerprint density at radius 3 is 2.11 bits per heavy atom. The molecule has 7 heteroatoms. The van der Waals surface area contributed by atoms with Crippen molar-refractivity contribution in [2.75, 3.05) is 40.4 Å². The van der Waals surface area contributed by atoms with E-state index in [0.717, 1.165) is 13.1 Å². The maximum Gasteiger partial charge on any atom is 0.258 e. The molecular formula is C21H29N3O4. The lowest BCUT2D eigenvalue weighted by Gasteiger charge is -2.37. The summed E-state index contributed by atoms with van der Waals surface area (Å²) in [6.45, 7) is 9.78. The quantitative estimate of drug-likeness (QED) is 0.787. The maximum atomic E-state index is 13.3. The van der Waals surface area contributed by atoms with Crippen LogP contribution in [0.1, 0.15) is 31.1 Å². The Bertz CT molecular complexity index is 927. The SMILES string of the molecule is CCn1cc(C(=O)N2CCN(C(C)C)CC2)c2cc(OC)c(OC)cc2c1=O. The zero-order chi connectivity index (χ0) is 20.4. The van der Waals surface area contributed by atoms with Crippen LogP contribution in [0.15, 0.2) is 23.1 Å². The van der Waals surface area contributed by atoms with E-state index in [4.69, 9.17) is 9.47 Å². The Labute approximate surface area is 165 Å². The summed E-state index contributed by atoms with van der Waals surface area (Å²) >= 11 is 0. The number of carbonyl (C=O) groups excluding carboxylic acids is 1. The molecule has 1 aromatic carbocycles. The van der Waals surface area contributed by atoms with Crippen LogP contribution in [0, 0.1) is 0 Å². The summed E-state index contributed by atoms with van der Waals surface area (Å²) in [5.74, 6) is 0.926. The summed E-state index contributed by atoms with van der Waals surface area (Å²) in [7, 11) is 3.08. The average Bonchev–Trinajstić information content (AvgIpc) is 2.72. The minimum Gasteiger partial charge on any atom is -0.493 e. The third-order valence-corrected chi connectivity index (χ3v) is 5.49. The number of rotatable bonds is 5. The number of hydrogen-bond acceptors (Lipinski definition) is 5. The van der Waals surface area contributed by atoms with Gasteiger partial charge in [0.2, 0.25) is 0 Å². The van der Waals surface area contributed by atoms with E-state index in [1.165, 1.54) is 7.11 Å². The normalized spacial score (nSPS) is 15.3. The predicted molar refractivity (Wildman–Crippen MR) is 110 cm³/mol. The molecule has 1 amide bonds. The van der Waals surface area contributed by atoms with Gasteiger partial charge in [-0.25, -0.2) is 0 Å². The molecule has 1 aliphatic heterocycles. The van der Waals surface area contributed by atoms with Crippen molar-refractivity contribution in [3.05, 3.63) is 34.2 Å². The molecule has 0 radical (unpaired) electrons. The molecule has 0 N–H and O–H groups in total. The number of benzene rings is 1. The molecule has 3 rings (SSSR count). The fraction of sp³-hybridized carbons (Fsp3) is 0.524. The van der Waals surface area contributed by atoms with Crippen LogP contribution in [-0.2, 0) is 6.54 Å². The van der Waals surface area contributed by atoms with Crippen molar-refractivity contribution in [3.8, 4) is 11.5 Å². The topological polar surface area (TPSA) is 64.0 Å². The number of nitrogens with zero attached hydrogens (tertiary/aromatic N) is 3. The van der Waals surface area contributed by atoms with E-state index in [2.05, 4.69) is 18.7 Å². The maximum absolute atomic E-state index is 13.3. The van der Waals surface area contributed by atoms with Crippen molar-refractivity contribution >= 4 is 16.7 Å². The van der Waals surface area contributed by atoms with Crippen molar-refractivity contribution in [2.24, 2.45) is 0 Å². The molecule has 0 spiro atoms. The summed E-state index contributed by atoms with van der Waals surface area (Å²) in [6.07, 6.45) is 1.67. The lowest BCUT2D eigenvalue weighted by atomic mass is 10.0. The van der Waals surface area contributed by atoms with Crippen LogP contribution in [-0.4, -0.2) is 66.7 Å². The number of hydrogen-bond donors (Lipinski definition) is 0. The first kappa shape index (κ1) is 20.2. The van der Waals surface area contributed by atoms with Crippen molar-refractivity contribution in [3.63, 3.8) is 0 Å². The lowest BCUT2D eigenvalue weighted by Crippen LogP contribution is -2.50. The number of pyridine rings is 1. The second kappa shape index (κ2) is 8.22. The molecule has 0 unspecified atom stereocenters. The average molecular weight is 387 g/mol. The molecule has 7 nitrogen and oxygen atoms in total. The number of aryl methyl sites for hydroxylation is 1. The van der Waals surface area contributed by atoms with E-state index < -0.39 is 0 Å². The molecule has 1 aromatic heterocycles. The molecule has 2 aromatic rings. The van der Waals surface area contributed by atoms with Crippen LogP contribution in [0.2, 0.25) is 0 Å². The van der Waals surface area contributed by atoms with Crippen LogP contribution < -0.4 is 15.0 Å². The fourth-order valence-corrected chi connectivity index (χ4v) is 3.73. The molecule has 152 valence electrons. The van der Waals surface area contributed by atoms with Gasteiger partial charge >= 0.3 is 0 Å². The van der Waals surface area contributed by atoms with E-state index in [1.807, 2.05) is 11.8 Å². The second-order valence-electron chi connectivity index (χ2n) is 7.31. The molecule has 0 bridgehead atoms. The zero-order valence-electron chi connectivity index (χ0n) is 17.3. The summed E-state index contributed by atoms with van der Waals surface area (Å²) in [5.41, 5.74) is 0.384. The van der Waals surface area contributed by atoms with Crippen molar-refractivity contribution in [2.45, 2.75) is 33.4 Å². The Morgan fingerprint density at radius 2 is 1.61 bits per heavy atom. The second-order valence-corrected chi connectivity index (χ2v) is 7.31. The predicted octanol–water partition coefficient (Wildman–Crippen LogP) is 2.20. The Hall–Kier alpha value is -2.54. The minimum atomic E-state index is -0.139. The van der Waals surface area contributed by atoms with Gasteiger partial charge in [-0.15, -0.1) is 0 Å². The van der Waals surface area contributed by atoms with E-state index in [-0.39, 0.29) is 11.5 Å². The third-order valence-electron chi connectivity index (χ3n) is 5.49. The van der Waals surface area contributed by atoms with Gasteiger partial charge in [-0.2, -0.15) is 0 Å². The van der Waals surface area contributed by atoms with Crippen LogP contribution in [0.3, 0.4) is 0 Å². The minimum absolute atomic E-state index is 0.0529. The third kappa shape index (κ3) is 3.58. The lowest BCUT2D eigenvalue weighted by molar-refractivity contribution is 0.0596. The molecule has 1 fully saturated rings. The van der Waals surface area contributed by atoms with Crippen molar-refractivity contribution in [1.29, 1.82) is 0 Å². The van der Waals surface area contributed by atoms with E-state index in [1.54, 1.807) is 30.0 Å². The largest absolute Gasteiger partial charge is 0.493 e. The van der Waals surface area contributed by atoms with E-state index >= 15 is 0 Å². The van der Waals surface area contributed by atoms with Gasteiger partial charge in [-0.3, -0.25) is 14.5 Å². The molecule has 1 saturated heterocycles. The Balaban J connectivity index is 2.08. The highest BCUT2D eigenvalue weighted by Crippen LogP contribution is 2.32. The Kier molecular flexibility index (Phi) is 5.93. The van der Waals surface area contributed by atoms with Gasteiger partial charge in [0.25, 0.3) is 11.5 Å². The number of carbonyl (C=O) groups is 1. The molecule has 28 heavy (non-hydrogen) atoms. The van der Waals surface area contributed by atoms with Gasteiger partial charge in [0, 0.05) is 50.3 Å². The van der Waals surface area contributed by atoms with Gasteiger partial charge in [0.15, 0.2) is 11.5 Å². The van der Waals surface area contributed by atoms with Gasteiger partial charge in [-0.05, 0) is 32.9 Å². The summed E-state index contributed by atoms with van der Waals surface area (Å²) in [4.78, 5) is 30.4. The summed E-state index contributed by atoms with van der Waals surface area (Å²) in [6, 6.07) is 3.86. The number of amides is 1. The van der Waals surface area contributed by atoms with Crippen LogP contribution in [0.4, 0.5) is 0 Å². The molecule has 0 saturated carbocycles. The highest BCUT2D eigenvalue weighted by atomic mass is 16.5. The Morgan fingerprint density at radius 1 is 1.04 bits per heavy atom. The highest BCUT2D eigenvalue weighted by Gasteiger charge is 2.26. The van der Waals surface area contributed by atoms with E-state index in [9.17, 15) is 9.59 Å². The van der Waals surface area contributed by atoms with Crippen LogP contribution in [0.5, 0.6) is 11.5 Å². The van der Waals surface area contributed by atoms with E-state index in [0.29, 0.717) is 53.5 Å². The molecule has 1 aliphatic rings. The number of ether oxygens (including phenoxy) is 2. The zero-order valence-corrected chi connectivity index (χ0v) is 17.3. The first-order valence-corrected chi connectivity index (χ1v) is 9.73. The van der Waals surface area contributed by atoms with Crippen LogP contribution >= 0.6 is 0 Å². The summed E-state index contributed by atoms with van der Waals surface area (Å²) < 4.78 is 12.3. The van der Waals surface area contributed by atoms with Crippen LogP contribution in [0.25, 0.3) is 10.8 Å². The van der Waals surface area contributed by atoms with Gasteiger partial charge in [-0.1, -0.05) is 0 Å².